The van der Waals surface area contributed by atoms with Crippen LogP contribution in [-0.4, -0.2) is 24.2 Å². The van der Waals surface area contributed by atoms with Gasteiger partial charge >= 0.3 is 5.97 Å². The molecule has 0 saturated carbocycles. The van der Waals surface area contributed by atoms with Crippen molar-refractivity contribution >= 4 is 40.1 Å². The molecular weight excluding hydrogens is 472 g/mol. The van der Waals surface area contributed by atoms with E-state index in [-0.39, 0.29) is 5.91 Å². The number of hydrogen-bond acceptors (Lipinski definition) is 5. The third-order valence-electron chi connectivity index (χ3n) is 4.19. The molecular formula is C25H21BrN2O4. The number of ether oxygens (including phenoxy) is 2. The zero-order chi connectivity index (χ0) is 22.8. The molecule has 0 spiro atoms. The summed E-state index contributed by atoms with van der Waals surface area (Å²) in [4.78, 5) is 24.1. The predicted octanol–water partition coefficient (Wildman–Crippen LogP) is 4.99. The SMILES string of the molecule is CC(Oc1ccc(Br)cc1)C(=O)NN=Cc1ccc(OC(=O)C=Cc2ccccc2)cc1. The van der Waals surface area contributed by atoms with Crippen molar-refractivity contribution in [1.29, 1.82) is 0 Å². The Hall–Kier alpha value is -3.71. The van der Waals surface area contributed by atoms with Gasteiger partial charge in [-0.05, 0) is 72.7 Å². The van der Waals surface area contributed by atoms with Crippen LogP contribution in [0.2, 0.25) is 0 Å². The van der Waals surface area contributed by atoms with E-state index in [9.17, 15) is 9.59 Å². The van der Waals surface area contributed by atoms with Gasteiger partial charge < -0.3 is 9.47 Å². The lowest BCUT2D eigenvalue weighted by atomic mass is 10.2. The maximum atomic E-state index is 12.1. The third kappa shape index (κ3) is 7.52. The summed E-state index contributed by atoms with van der Waals surface area (Å²) in [7, 11) is 0. The summed E-state index contributed by atoms with van der Waals surface area (Å²) in [6.07, 6.45) is 3.84. The Kier molecular flexibility index (Phi) is 8.34. The molecule has 0 aliphatic heterocycles. The van der Waals surface area contributed by atoms with Gasteiger partial charge in [0.2, 0.25) is 0 Å². The number of amides is 1. The van der Waals surface area contributed by atoms with Crippen LogP contribution in [0.1, 0.15) is 18.1 Å². The molecule has 3 aromatic carbocycles. The van der Waals surface area contributed by atoms with E-state index in [4.69, 9.17) is 9.47 Å². The van der Waals surface area contributed by atoms with Gasteiger partial charge in [0, 0.05) is 10.5 Å². The van der Waals surface area contributed by atoms with Crippen molar-refractivity contribution < 1.29 is 19.1 Å². The van der Waals surface area contributed by atoms with E-state index in [1.165, 1.54) is 12.3 Å². The van der Waals surface area contributed by atoms with Crippen LogP contribution in [-0.2, 0) is 9.59 Å². The molecule has 32 heavy (non-hydrogen) atoms. The second-order valence-corrected chi connectivity index (χ2v) is 7.60. The standard InChI is InChI=1S/C25H21BrN2O4/c1-18(31-22-14-10-21(26)11-15-22)25(30)28-27-17-20-7-12-23(13-8-20)32-24(29)16-9-19-5-3-2-4-6-19/h2-18H,1H3,(H,28,30). The Balaban J connectivity index is 1.46. The maximum absolute atomic E-state index is 12.1. The van der Waals surface area contributed by atoms with Crippen molar-refractivity contribution in [1.82, 2.24) is 5.43 Å². The van der Waals surface area contributed by atoms with Crippen LogP contribution in [0.4, 0.5) is 0 Å². The van der Waals surface area contributed by atoms with Crippen molar-refractivity contribution in [2.75, 3.05) is 0 Å². The number of rotatable bonds is 8. The lowest BCUT2D eigenvalue weighted by Gasteiger charge is -2.12. The Morgan fingerprint density at radius 1 is 0.906 bits per heavy atom. The summed E-state index contributed by atoms with van der Waals surface area (Å²) in [6, 6.07) is 23.4. The summed E-state index contributed by atoms with van der Waals surface area (Å²) in [5.74, 6) is 0.149. The van der Waals surface area contributed by atoms with Gasteiger partial charge in [-0.1, -0.05) is 46.3 Å². The van der Waals surface area contributed by atoms with E-state index in [0.29, 0.717) is 11.5 Å². The van der Waals surface area contributed by atoms with Crippen molar-refractivity contribution in [2.24, 2.45) is 5.10 Å². The highest BCUT2D eigenvalue weighted by Gasteiger charge is 2.13. The van der Waals surface area contributed by atoms with Gasteiger partial charge in [-0.3, -0.25) is 4.79 Å². The zero-order valence-corrected chi connectivity index (χ0v) is 18.9. The molecule has 7 heteroatoms. The summed E-state index contributed by atoms with van der Waals surface area (Å²) in [5.41, 5.74) is 4.08. The van der Waals surface area contributed by atoms with Crippen LogP contribution < -0.4 is 14.9 Å². The molecule has 0 bridgehead atoms. The molecule has 6 nitrogen and oxygen atoms in total. The number of carbonyl (C=O) groups excluding carboxylic acids is 2. The fourth-order valence-electron chi connectivity index (χ4n) is 2.53. The number of hydrogen-bond donors (Lipinski definition) is 1. The van der Waals surface area contributed by atoms with Gasteiger partial charge in [0.25, 0.3) is 5.91 Å². The fraction of sp³-hybridized carbons (Fsp3) is 0.0800. The van der Waals surface area contributed by atoms with E-state index < -0.39 is 12.1 Å². The molecule has 3 rings (SSSR count). The van der Waals surface area contributed by atoms with Gasteiger partial charge in [-0.25, -0.2) is 10.2 Å². The van der Waals surface area contributed by atoms with Crippen LogP contribution in [0.15, 0.2) is 94.5 Å². The second-order valence-electron chi connectivity index (χ2n) is 6.68. The predicted molar refractivity (Wildman–Crippen MR) is 128 cm³/mol. The zero-order valence-electron chi connectivity index (χ0n) is 17.3. The molecule has 0 fully saturated rings. The Morgan fingerprint density at radius 2 is 1.56 bits per heavy atom. The first-order valence-electron chi connectivity index (χ1n) is 9.80. The normalized spacial score (nSPS) is 11.9. The summed E-state index contributed by atoms with van der Waals surface area (Å²) < 4.78 is 11.8. The van der Waals surface area contributed by atoms with E-state index >= 15 is 0 Å². The summed E-state index contributed by atoms with van der Waals surface area (Å²) in [5, 5.41) is 3.94. The van der Waals surface area contributed by atoms with Crippen LogP contribution in [0.25, 0.3) is 6.08 Å². The third-order valence-corrected chi connectivity index (χ3v) is 4.72. The minimum atomic E-state index is -0.709. The van der Waals surface area contributed by atoms with Crippen LogP contribution in [0.5, 0.6) is 11.5 Å². The Bertz CT molecular complexity index is 1100. The number of benzene rings is 3. The smallest absolute Gasteiger partial charge is 0.336 e. The minimum Gasteiger partial charge on any atom is -0.481 e. The highest BCUT2D eigenvalue weighted by molar-refractivity contribution is 9.10. The van der Waals surface area contributed by atoms with E-state index in [2.05, 4.69) is 26.5 Å². The second kappa shape index (κ2) is 11.6. The van der Waals surface area contributed by atoms with Crippen molar-refractivity contribution in [3.8, 4) is 11.5 Å². The molecule has 3 aromatic rings. The first kappa shape index (κ1) is 23.0. The first-order valence-corrected chi connectivity index (χ1v) is 10.6. The number of hydrazone groups is 1. The maximum Gasteiger partial charge on any atom is 0.336 e. The lowest BCUT2D eigenvalue weighted by Crippen LogP contribution is -2.33. The molecule has 0 aromatic heterocycles. The van der Waals surface area contributed by atoms with Gasteiger partial charge in [-0.15, -0.1) is 0 Å². The fourth-order valence-corrected chi connectivity index (χ4v) is 2.80. The van der Waals surface area contributed by atoms with Gasteiger partial charge in [0.05, 0.1) is 6.21 Å². The quantitative estimate of drug-likeness (QED) is 0.158. The molecule has 1 N–H and O–H groups in total. The van der Waals surface area contributed by atoms with E-state index in [1.54, 1.807) is 49.4 Å². The molecule has 0 saturated heterocycles. The first-order chi connectivity index (χ1) is 15.5. The average molecular weight is 493 g/mol. The van der Waals surface area contributed by atoms with E-state index in [0.717, 1.165) is 15.6 Å². The summed E-state index contributed by atoms with van der Waals surface area (Å²) >= 11 is 3.35. The Morgan fingerprint density at radius 3 is 2.25 bits per heavy atom. The van der Waals surface area contributed by atoms with E-state index in [1.807, 2.05) is 42.5 Å². The number of halogens is 1. The van der Waals surface area contributed by atoms with Crippen LogP contribution in [0.3, 0.4) is 0 Å². The van der Waals surface area contributed by atoms with Gasteiger partial charge in [0.15, 0.2) is 6.10 Å². The largest absolute Gasteiger partial charge is 0.481 e. The minimum absolute atomic E-state index is 0.375. The molecule has 0 heterocycles. The highest BCUT2D eigenvalue weighted by atomic mass is 79.9. The van der Waals surface area contributed by atoms with Crippen molar-refractivity contribution in [2.45, 2.75) is 13.0 Å². The molecule has 1 amide bonds. The number of esters is 1. The molecule has 0 aliphatic carbocycles. The van der Waals surface area contributed by atoms with Crippen molar-refractivity contribution in [3.63, 3.8) is 0 Å². The lowest BCUT2D eigenvalue weighted by molar-refractivity contribution is -0.129. The topological polar surface area (TPSA) is 77.0 Å². The number of nitrogens with zero attached hydrogens (tertiary/aromatic N) is 1. The van der Waals surface area contributed by atoms with Crippen molar-refractivity contribution in [3.05, 3.63) is 101 Å². The molecule has 1 atom stereocenters. The molecule has 1 unspecified atom stereocenters. The Labute approximate surface area is 194 Å². The highest BCUT2D eigenvalue weighted by Crippen LogP contribution is 2.17. The van der Waals surface area contributed by atoms with Gasteiger partial charge in [0.1, 0.15) is 11.5 Å². The number of nitrogens with one attached hydrogen (secondary N) is 1. The monoisotopic (exact) mass is 492 g/mol. The van der Waals surface area contributed by atoms with Crippen LogP contribution in [0, 0.1) is 0 Å². The van der Waals surface area contributed by atoms with Crippen LogP contribution >= 0.6 is 15.9 Å². The average Bonchev–Trinajstić information content (AvgIpc) is 2.81. The molecule has 162 valence electrons. The van der Waals surface area contributed by atoms with Gasteiger partial charge in [-0.2, -0.15) is 5.10 Å². The summed E-state index contributed by atoms with van der Waals surface area (Å²) in [6.45, 7) is 1.64. The molecule has 0 radical (unpaired) electrons. The molecule has 0 aliphatic rings. The number of carbonyl (C=O) groups is 2.